The van der Waals surface area contributed by atoms with Crippen LogP contribution in [0.2, 0.25) is 0 Å². The molecule has 0 atom stereocenters. The highest BCUT2D eigenvalue weighted by atomic mass is 16.2. The molecule has 142 valence electrons. The van der Waals surface area contributed by atoms with Gasteiger partial charge in [0.25, 0.3) is 5.91 Å². The largest absolute Gasteiger partial charge is 0.367 e. The normalized spacial score (nSPS) is 14.3. The monoisotopic (exact) mass is 373 g/mol. The molecule has 4 rings (SSSR count). The minimum Gasteiger partial charge on any atom is -0.367 e. The number of hydrogen-bond donors (Lipinski definition) is 1. The van der Waals surface area contributed by atoms with Crippen molar-refractivity contribution in [3.8, 4) is 0 Å². The number of carbonyl (C=O) groups is 2. The molecular weight excluding hydrogens is 350 g/mol. The molecular formula is C23H23N3O2. The number of rotatable bonds is 4. The molecule has 1 fully saturated rings. The molecule has 1 aliphatic rings. The van der Waals surface area contributed by atoms with Gasteiger partial charge in [0.2, 0.25) is 5.91 Å². The Morgan fingerprint density at radius 2 is 1.29 bits per heavy atom. The Bertz CT molecular complexity index is 876. The van der Waals surface area contributed by atoms with E-state index in [0.29, 0.717) is 31.7 Å². The van der Waals surface area contributed by atoms with Crippen molar-refractivity contribution in [1.82, 2.24) is 14.8 Å². The topological polar surface area (TPSA) is 56.4 Å². The number of aromatic amines is 1. The molecule has 1 aliphatic heterocycles. The van der Waals surface area contributed by atoms with Crippen LogP contribution < -0.4 is 0 Å². The lowest BCUT2D eigenvalue weighted by Crippen LogP contribution is -2.51. The molecule has 0 spiro atoms. The maximum atomic E-state index is 13.4. The van der Waals surface area contributed by atoms with Gasteiger partial charge in [0.1, 0.15) is 0 Å². The van der Waals surface area contributed by atoms with Gasteiger partial charge < -0.3 is 14.8 Å². The van der Waals surface area contributed by atoms with Crippen LogP contribution in [0.4, 0.5) is 0 Å². The number of aromatic nitrogens is 1. The predicted molar refractivity (Wildman–Crippen MR) is 108 cm³/mol. The average Bonchev–Trinajstić information content (AvgIpc) is 3.30. The number of nitrogens with one attached hydrogen (secondary N) is 1. The molecule has 1 aromatic heterocycles. The van der Waals surface area contributed by atoms with E-state index < -0.39 is 0 Å². The first-order chi connectivity index (χ1) is 13.7. The van der Waals surface area contributed by atoms with Gasteiger partial charge in [-0.15, -0.1) is 0 Å². The van der Waals surface area contributed by atoms with E-state index in [0.717, 1.165) is 11.1 Å². The second-order valence-electron chi connectivity index (χ2n) is 6.97. The molecule has 5 heteroatoms. The zero-order chi connectivity index (χ0) is 19.3. The Morgan fingerprint density at radius 1 is 0.750 bits per heavy atom. The number of amides is 2. The highest BCUT2D eigenvalue weighted by molar-refractivity contribution is 5.94. The van der Waals surface area contributed by atoms with E-state index in [9.17, 15) is 9.59 Å². The van der Waals surface area contributed by atoms with Gasteiger partial charge in [0.05, 0.1) is 11.5 Å². The molecule has 28 heavy (non-hydrogen) atoms. The van der Waals surface area contributed by atoms with Crippen molar-refractivity contribution < 1.29 is 9.59 Å². The Morgan fingerprint density at radius 3 is 1.79 bits per heavy atom. The van der Waals surface area contributed by atoms with Gasteiger partial charge in [0, 0.05) is 38.6 Å². The maximum absolute atomic E-state index is 13.4. The number of nitrogens with zero attached hydrogens (tertiary/aromatic N) is 2. The molecule has 0 aliphatic carbocycles. The van der Waals surface area contributed by atoms with Gasteiger partial charge in [-0.25, -0.2) is 0 Å². The Kier molecular flexibility index (Phi) is 5.24. The van der Waals surface area contributed by atoms with Crippen LogP contribution in [0.1, 0.15) is 27.4 Å². The third kappa shape index (κ3) is 3.69. The van der Waals surface area contributed by atoms with Crippen LogP contribution in [0.25, 0.3) is 0 Å². The number of carbonyl (C=O) groups excluding carboxylic acids is 2. The summed E-state index contributed by atoms with van der Waals surface area (Å²) >= 11 is 0. The minimum absolute atomic E-state index is 0.0102. The Hall–Kier alpha value is -3.34. The van der Waals surface area contributed by atoms with Crippen LogP contribution in [0.5, 0.6) is 0 Å². The van der Waals surface area contributed by atoms with Gasteiger partial charge in [0.15, 0.2) is 0 Å². The van der Waals surface area contributed by atoms with Crippen molar-refractivity contribution >= 4 is 11.8 Å². The molecule has 5 nitrogen and oxygen atoms in total. The van der Waals surface area contributed by atoms with E-state index in [4.69, 9.17) is 0 Å². The van der Waals surface area contributed by atoms with Gasteiger partial charge in [-0.3, -0.25) is 9.59 Å². The summed E-state index contributed by atoms with van der Waals surface area (Å²) in [4.78, 5) is 32.5. The summed E-state index contributed by atoms with van der Waals surface area (Å²) in [6.45, 7) is 2.19. The summed E-state index contributed by atoms with van der Waals surface area (Å²) in [5.41, 5.74) is 2.64. The lowest BCUT2D eigenvalue weighted by atomic mass is 9.90. The fourth-order valence-electron chi connectivity index (χ4n) is 3.72. The van der Waals surface area contributed by atoms with Crippen LogP contribution in [0.3, 0.4) is 0 Å². The lowest BCUT2D eigenvalue weighted by Gasteiger charge is -2.36. The Balaban J connectivity index is 1.50. The smallest absolute Gasteiger partial charge is 0.255 e. The fourth-order valence-corrected chi connectivity index (χ4v) is 3.72. The van der Waals surface area contributed by atoms with E-state index in [1.165, 1.54) is 0 Å². The van der Waals surface area contributed by atoms with Crippen molar-refractivity contribution in [2.45, 2.75) is 5.92 Å². The predicted octanol–water partition coefficient (Wildman–Crippen LogP) is 3.13. The zero-order valence-corrected chi connectivity index (χ0v) is 15.6. The molecule has 1 saturated heterocycles. The molecule has 2 amide bonds. The first-order valence-electron chi connectivity index (χ1n) is 9.55. The van der Waals surface area contributed by atoms with Crippen molar-refractivity contribution in [2.24, 2.45) is 0 Å². The maximum Gasteiger partial charge on any atom is 0.255 e. The second-order valence-corrected chi connectivity index (χ2v) is 6.97. The van der Waals surface area contributed by atoms with E-state index >= 15 is 0 Å². The van der Waals surface area contributed by atoms with E-state index in [1.807, 2.05) is 70.5 Å². The number of piperazine rings is 1. The number of hydrogen-bond acceptors (Lipinski definition) is 2. The first kappa shape index (κ1) is 18.0. The summed E-state index contributed by atoms with van der Waals surface area (Å²) in [6, 6.07) is 21.6. The molecule has 0 saturated carbocycles. The van der Waals surface area contributed by atoms with Crippen molar-refractivity contribution in [1.29, 1.82) is 0 Å². The number of benzene rings is 2. The van der Waals surface area contributed by atoms with Crippen LogP contribution in [0, 0.1) is 0 Å². The summed E-state index contributed by atoms with van der Waals surface area (Å²) in [5.74, 6) is -0.225. The highest BCUT2D eigenvalue weighted by Crippen LogP contribution is 2.27. The van der Waals surface area contributed by atoms with E-state index in [1.54, 1.807) is 18.5 Å². The van der Waals surface area contributed by atoms with E-state index in [2.05, 4.69) is 4.98 Å². The van der Waals surface area contributed by atoms with Gasteiger partial charge in [-0.05, 0) is 17.2 Å². The van der Waals surface area contributed by atoms with Crippen LogP contribution >= 0.6 is 0 Å². The third-order valence-electron chi connectivity index (χ3n) is 5.24. The standard InChI is InChI=1S/C23H23N3O2/c27-22(20-11-12-24-17-20)25-13-15-26(16-14-25)23(28)21(18-7-3-1-4-8-18)19-9-5-2-6-10-19/h1-12,17,21,24H,13-16H2. The Labute approximate surface area is 164 Å². The first-order valence-corrected chi connectivity index (χ1v) is 9.55. The van der Waals surface area contributed by atoms with Crippen LogP contribution in [-0.4, -0.2) is 52.8 Å². The fraction of sp³-hybridized carbons (Fsp3) is 0.217. The SMILES string of the molecule is O=C(c1cc[nH]c1)N1CCN(C(=O)C(c2ccccc2)c2ccccc2)CC1. The molecule has 2 heterocycles. The van der Waals surface area contributed by atoms with E-state index in [-0.39, 0.29) is 17.7 Å². The van der Waals surface area contributed by atoms with Gasteiger partial charge in [-0.1, -0.05) is 60.7 Å². The van der Waals surface area contributed by atoms with Crippen molar-refractivity contribution in [3.05, 3.63) is 95.8 Å². The van der Waals surface area contributed by atoms with Crippen LogP contribution in [0.15, 0.2) is 79.1 Å². The van der Waals surface area contributed by atoms with Gasteiger partial charge >= 0.3 is 0 Å². The summed E-state index contributed by atoms with van der Waals surface area (Å²) < 4.78 is 0. The highest BCUT2D eigenvalue weighted by Gasteiger charge is 2.31. The van der Waals surface area contributed by atoms with Crippen molar-refractivity contribution in [2.75, 3.05) is 26.2 Å². The quantitative estimate of drug-likeness (QED) is 0.764. The second kappa shape index (κ2) is 8.13. The van der Waals surface area contributed by atoms with Gasteiger partial charge in [-0.2, -0.15) is 0 Å². The summed E-state index contributed by atoms with van der Waals surface area (Å²) in [5, 5.41) is 0. The third-order valence-corrected chi connectivity index (χ3v) is 5.24. The lowest BCUT2D eigenvalue weighted by molar-refractivity contribution is -0.133. The number of H-pyrrole nitrogens is 1. The molecule has 0 bridgehead atoms. The summed E-state index contributed by atoms with van der Waals surface area (Å²) in [6.07, 6.45) is 3.46. The van der Waals surface area contributed by atoms with Crippen molar-refractivity contribution in [3.63, 3.8) is 0 Å². The molecule has 0 unspecified atom stereocenters. The molecule has 3 aromatic rings. The van der Waals surface area contributed by atoms with Crippen LogP contribution in [-0.2, 0) is 4.79 Å². The minimum atomic E-state index is -0.325. The summed E-state index contributed by atoms with van der Waals surface area (Å²) in [7, 11) is 0. The average molecular weight is 373 g/mol. The molecule has 1 N–H and O–H groups in total. The molecule has 0 radical (unpaired) electrons. The zero-order valence-electron chi connectivity index (χ0n) is 15.6. The molecule has 2 aromatic carbocycles.